The van der Waals surface area contributed by atoms with Gasteiger partial charge in [-0.2, -0.15) is 9.36 Å². The highest BCUT2D eigenvalue weighted by molar-refractivity contribution is 6.00. The molecule has 3 aromatic rings. The normalized spacial score (nSPS) is 14.4. The van der Waals surface area contributed by atoms with Crippen LogP contribution in [-0.4, -0.2) is 32.6 Å². The van der Waals surface area contributed by atoms with Gasteiger partial charge in [-0.15, -0.1) is 0 Å². The Morgan fingerprint density at radius 2 is 1.94 bits per heavy atom. The zero-order valence-electron chi connectivity index (χ0n) is 20.8. The first-order chi connectivity index (χ1) is 16.2. The molecular formula is C26H33N5O3. The quantitative estimate of drug-likeness (QED) is 0.362. The molecule has 0 spiro atoms. The molecule has 8 nitrogen and oxygen atoms in total. The molecule has 180 valence electrons. The summed E-state index contributed by atoms with van der Waals surface area (Å²) in [4.78, 5) is 17.6. The number of benzene rings is 2. The van der Waals surface area contributed by atoms with Gasteiger partial charge in [0.05, 0.1) is 11.4 Å². The summed E-state index contributed by atoms with van der Waals surface area (Å²) in [5.74, 6) is 1.29. The molecule has 2 aromatic carbocycles. The van der Waals surface area contributed by atoms with Crippen LogP contribution in [0.25, 0.3) is 5.69 Å². The van der Waals surface area contributed by atoms with E-state index in [-0.39, 0.29) is 11.1 Å². The van der Waals surface area contributed by atoms with Gasteiger partial charge in [-0.05, 0) is 88.9 Å². The van der Waals surface area contributed by atoms with E-state index in [0.29, 0.717) is 12.5 Å². The highest BCUT2D eigenvalue weighted by Gasteiger charge is 2.28. The maximum absolute atomic E-state index is 12.5. The van der Waals surface area contributed by atoms with Gasteiger partial charge in [-0.3, -0.25) is 0 Å². The van der Waals surface area contributed by atoms with Crippen LogP contribution in [0.5, 0.6) is 5.75 Å². The Labute approximate surface area is 200 Å². The van der Waals surface area contributed by atoms with Crippen LogP contribution in [0.3, 0.4) is 0 Å². The van der Waals surface area contributed by atoms with E-state index in [2.05, 4.69) is 48.5 Å². The number of aryl methyl sites for hydroxylation is 2. The molecule has 0 unspecified atom stereocenters. The lowest BCUT2D eigenvalue weighted by molar-refractivity contribution is 0.211. The summed E-state index contributed by atoms with van der Waals surface area (Å²) in [5.41, 5.74) is 5.66. The predicted molar refractivity (Wildman–Crippen MR) is 132 cm³/mol. The van der Waals surface area contributed by atoms with Crippen molar-refractivity contribution in [1.82, 2.24) is 19.8 Å². The van der Waals surface area contributed by atoms with Crippen LogP contribution in [0.15, 0.2) is 46.3 Å². The molecular weight excluding hydrogens is 430 g/mol. The third-order valence-corrected chi connectivity index (χ3v) is 5.93. The zero-order valence-corrected chi connectivity index (χ0v) is 20.8. The van der Waals surface area contributed by atoms with Crippen LogP contribution in [0.2, 0.25) is 0 Å². The van der Waals surface area contributed by atoms with E-state index in [1.807, 2.05) is 31.2 Å². The summed E-state index contributed by atoms with van der Waals surface area (Å²) in [7, 11) is 3.17. The maximum atomic E-state index is 12.5. The predicted octanol–water partition coefficient (Wildman–Crippen LogP) is 4.52. The number of oxime groups is 1. The van der Waals surface area contributed by atoms with Crippen LogP contribution in [0, 0.1) is 12.3 Å². The van der Waals surface area contributed by atoms with E-state index in [4.69, 9.17) is 9.57 Å². The Morgan fingerprint density at radius 1 is 1.18 bits per heavy atom. The van der Waals surface area contributed by atoms with Gasteiger partial charge in [-0.25, -0.2) is 4.79 Å². The van der Waals surface area contributed by atoms with Crippen molar-refractivity contribution < 1.29 is 9.57 Å². The van der Waals surface area contributed by atoms with Crippen molar-refractivity contribution in [3.8, 4) is 11.4 Å². The Morgan fingerprint density at radius 3 is 2.53 bits per heavy atom. The fourth-order valence-electron chi connectivity index (χ4n) is 4.13. The Balaban J connectivity index is 1.62. The minimum atomic E-state index is -0.279. The number of ether oxygens (including phenoxy) is 1. The lowest BCUT2D eigenvalue weighted by Crippen LogP contribution is -2.23. The van der Waals surface area contributed by atoms with Crippen molar-refractivity contribution in [3.05, 3.63) is 69.1 Å². The topological polar surface area (TPSA) is 83.5 Å². The van der Waals surface area contributed by atoms with Crippen LogP contribution in [0.1, 0.15) is 68.2 Å². The summed E-state index contributed by atoms with van der Waals surface area (Å²) in [6.07, 6.45) is 3.09. The number of hydrogen-bond acceptors (Lipinski definition) is 6. The third-order valence-electron chi connectivity index (χ3n) is 5.93. The molecule has 1 saturated carbocycles. The molecule has 0 N–H and O–H groups in total. The summed E-state index contributed by atoms with van der Waals surface area (Å²) in [6, 6.07) is 12.1. The second kappa shape index (κ2) is 9.44. The van der Waals surface area contributed by atoms with Gasteiger partial charge >= 0.3 is 5.69 Å². The molecule has 1 heterocycles. The molecule has 1 aliphatic rings. The minimum Gasteiger partial charge on any atom is -0.489 e. The lowest BCUT2D eigenvalue weighted by Gasteiger charge is -2.20. The molecule has 0 bridgehead atoms. The van der Waals surface area contributed by atoms with Crippen molar-refractivity contribution in [2.24, 2.45) is 17.6 Å². The van der Waals surface area contributed by atoms with Gasteiger partial charge in [0, 0.05) is 12.6 Å². The fraction of sp³-hybridized carbons (Fsp3) is 0.462. The highest BCUT2D eigenvalue weighted by atomic mass is 16.6. The first kappa shape index (κ1) is 23.7. The number of tetrazole rings is 1. The van der Waals surface area contributed by atoms with Crippen LogP contribution < -0.4 is 10.4 Å². The Hall–Kier alpha value is -3.42. The summed E-state index contributed by atoms with van der Waals surface area (Å²) >= 11 is 0. The molecule has 0 aliphatic heterocycles. The SMILES string of the molecule is CO/N=C(/CC(C)(C)C)c1ccc(OCc2c(C3CC3)cccc2-n2nnn(C)c2=O)c(C)c1. The number of aromatic nitrogens is 4. The average Bonchev–Trinajstić information content (AvgIpc) is 3.57. The van der Waals surface area contributed by atoms with Crippen molar-refractivity contribution in [1.29, 1.82) is 0 Å². The van der Waals surface area contributed by atoms with Crippen molar-refractivity contribution >= 4 is 5.71 Å². The largest absolute Gasteiger partial charge is 0.489 e. The van der Waals surface area contributed by atoms with Crippen molar-refractivity contribution in [2.45, 2.75) is 59.5 Å². The number of rotatable bonds is 8. The van der Waals surface area contributed by atoms with Crippen LogP contribution >= 0.6 is 0 Å². The molecule has 4 rings (SSSR count). The second-order valence-electron chi connectivity index (χ2n) is 10.1. The summed E-state index contributed by atoms with van der Waals surface area (Å²) in [5, 5.41) is 12.2. The third kappa shape index (κ3) is 5.21. The smallest absolute Gasteiger partial charge is 0.368 e. The maximum Gasteiger partial charge on any atom is 0.368 e. The summed E-state index contributed by atoms with van der Waals surface area (Å²) < 4.78 is 8.88. The molecule has 0 saturated heterocycles. The van der Waals surface area contributed by atoms with Crippen LogP contribution in [0.4, 0.5) is 0 Å². The Kier molecular flexibility index (Phi) is 6.59. The van der Waals surface area contributed by atoms with Gasteiger partial charge in [0.25, 0.3) is 0 Å². The molecule has 0 atom stereocenters. The molecule has 0 amide bonds. The standard InChI is InChI=1S/C26H33N5O3/c1-17-14-19(22(27-33-6)15-26(2,3)4)12-13-24(17)34-16-21-20(18-10-11-18)8-7-9-23(21)31-25(32)30(5)28-29-31/h7-9,12-14,18H,10-11,15-16H2,1-6H3/b27-22-. The monoisotopic (exact) mass is 463 g/mol. The minimum absolute atomic E-state index is 0.0851. The van der Waals surface area contributed by atoms with Gasteiger partial charge in [0.1, 0.15) is 19.5 Å². The lowest BCUT2D eigenvalue weighted by atomic mass is 9.87. The molecule has 8 heteroatoms. The molecule has 34 heavy (non-hydrogen) atoms. The van der Waals surface area contributed by atoms with Gasteiger partial charge < -0.3 is 9.57 Å². The molecule has 1 aromatic heterocycles. The fourth-order valence-corrected chi connectivity index (χ4v) is 4.13. The zero-order chi connectivity index (χ0) is 24.5. The van der Waals surface area contributed by atoms with E-state index in [1.54, 1.807) is 14.2 Å². The van der Waals surface area contributed by atoms with Gasteiger partial charge in [0.15, 0.2) is 0 Å². The van der Waals surface area contributed by atoms with Crippen LogP contribution in [-0.2, 0) is 18.5 Å². The Bertz CT molecular complexity index is 1260. The van der Waals surface area contributed by atoms with E-state index in [1.165, 1.54) is 14.9 Å². The molecule has 1 fully saturated rings. The van der Waals surface area contributed by atoms with Gasteiger partial charge in [-0.1, -0.05) is 38.1 Å². The van der Waals surface area contributed by atoms with E-state index in [0.717, 1.165) is 53.1 Å². The highest BCUT2D eigenvalue weighted by Crippen LogP contribution is 2.43. The van der Waals surface area contributed by atoms with E-state index >= 15 is 0 Å². The van der Waals surface area contributed by atoms with E-state index in [9.17, 15) is 4.79 Å². The summed E-state index contributed by atoms with van der Waals surface area (Å²) in [6.45, 7) is 8.91. The van der Waals surface area contributed by atoms with Gasteiger partial charge in [0.2, 0.25) is 0 Å². The van der Waals surface area contributed by atoms with Crippen molar-refractivity contribution in [3.63, 3.8) is 0 Å². The number of hydrogen-bond donors (Lipinski definition) is 0. The average molecular weight is 464 g/mol. The first-order valence-electron chi connectivity index (χ1n) is 11.6. The molecule has 1 aliphatic carbocycles. The number of nitrogens with zero attached hydrogens (tertiary/aromatic N) is 5. The van der Waals surface area contributed by atoms with E-state index < -0.39 is 0 Å². The second-order valence-corrected chi connectivity index (χ2v) is 10.1. The van der Waals surface area contributed by atoms with Crippen molar-refractivity contribution in [2.75, 3.05) is 7.11 Å². The molecule has 0 radical (unpaired) electrons. The first-order valence-corrected chi connectivity index (χ1v) is 11.6.